The Morgan fingerprint density at radius 1 is 1.05 bits per heavy atom. The summed E-state index contributed by atoms with van der Waals surface area (Å²) in [5.74, 6) is 2.01. The van der Waals surface area contributed by atoms with Crippen LogP contribution in [0.1, 0.15) is 11.1 Å². The van der Waals surface area contributed by atoms with Crippen LogP contribution in [0.5, 0.6) is 11.5 Å². The van der Waals surface area contributed by atoms with Gasteiger partial charge in [-0.3, -0.25) is 0 Å². The lowest BCUT2D eigenvalue weighted by Crippen LogP contribution is -1.99. The van der Waals surface area contributed by atoms with Crippen molar-refractivity contribution >= 4 is 43.5 Å². The smallest absolute Gasteiger partial charge is 0.124 e. The first-order valence-corrected chi connectivity index (χ1v) is 8.05. The SMILES string of the molecule is COc1ccc(Br)c(COc2ccc(Br)cc2CCl)c1. The lowest BCUT2D eigenvalue weighted by molar-refractivity contribution is 0.302. The first kappa shape index (κ1) is 15.7. The first-order valence-electron chi connectivity index (χ1n) is 5.93. The Kier molecular flexibility index (Phi) is 5.75. The molecule has 0 aromatic heterocycles. The third-order valence-electron chi connectivity index (χ3n) is 2.80. The highest BCUT2D eigenvalue weighted by Gasteiger charge is 2.07. The second-order valence-electron chi connectivity index (χ2n) is 4.13. The van der Waals surface area contributed by atoms with Crippen molar-refractivity contribution in [1.29, 1.82) is 0 Å². The normalized spacial score (nSPS) is 10.4. The van der Waals surface area contributed by atoms with Gasteiger partial charge in [-0.2, -0.15) is 0 Å². The highest BCUT2D eigenvalue weighted by Crippen LogP contribution is 2.28. The van der Waals surface area contributed by atoms with Crippen molar-refractivity contribution in [2.45, 2.75) is 12.5 Å². The summed E-state index contributed by atoms with van der Waals surface area (Å²) in [6.45, 7) is 0.448. The van der Waals surface area contributed by atoms with Gasteiger partial charge in [0.2, 0.25) is 0 Å². The Morgan fingerprint density at radius 2 is 1.85 bits per heavy atom. The summed E-state index contributed by atoms with van der Waals surface area (Å²) in [6.07, 6.45) is 0. The van der Waals surface area contributed by atoms with Crippen LogP contribution < -0.4 is 9.47 Å². The Bertz CT molecular complexity index is 602. The van der Waals surface area contributed by atoms with Crippen LogP contribution in [-0.4, -0.2) is 7.11 Å². The van der Waals surface area contributed by atoms with Crippen LogP contribution in [0, 0.1) is 0 Å². The number of hydrogen-bond donors (Lipinski definition) is 0. The molecule has 0 heterocycles. The molecule has 2 rings (SSSR count). The zero-order valence-electron chi connectivity index (χ0n) is 10.8. The molecule has 0 amide bonds. The highest BCUT2D eigenvalue weighted by molar-refractivity contribution is 9.10. The average Bonchev–Trinajstić information content (AvgIpc) is 2.47. The summed E-state index contributed by atoms with van der Waals surface area (Å²) in [5, 5.41) is 0. The fourth-order valence-corrected chi connectivity index (χ4v) is 2.72. The molecule has 2 nitrogen and oxygen atoms in total. The molecule has 0 N–H and O–H groups in total. The molecule has 0 atom stereocenters. The molecular weight excluding hydrogens is 407 g/mol. The Morgan fingerprint density at radius 3 is 2.55 bits per heavy atom. The van der Waals surface area contributed by atoms with Gasteiger partial charge < -0.3 is 9.47 Å². The van der Waals surface area contributed by atoms with E-state index in [1.807, 2.05) is 36.4 Å². The van der Waals surface area contributed by atoms with Crippen molar-refractivity contribution in [2.24, 2.45) is 0 Å². The topological polar surface area (TPSA) is 18.5 Å². The molecule has 2 aromatic rings. The van der Waals surface area contributed by atoms with Gasteiger partial charge in [-0.25, -0.2) is 0 Å². The lowest BCUT2D eigenvalue weighted by Gasteiger charge is -2.12. The number of ether oxygens (including phenoxy) is 2. The molecule has 0 aliphatic rings. The molecule has 20 heavy (non-hydrogen) atoms. The number of hydrogen-bond acceptors (Lipinski definition) is 2. The van der Waals surface area contributed by atoms with Gasteiger partial charge in [0.05, 0.1) is 13.0 Å². The zero-order valence-corrected chi connectivity index (χ0v) is 14.8. The molecule has 2 aromatic carbocycles. The van der Waals surface area contributed by atoms with Crippen LogP contribution in [0.4, 0.5) is 0 Å². The molecule has 0 bridgehead atoms. The summed E-state index contributed by atoms with van der Waals surface area (Å²) in [5.41, 5.74) is 1.98. The van der Waals surface area contributed by atoms with E-state index in [0.29, 0.717) is 12.5 Å². The maximum absolute atomic E-state index is 5.93. The summed E-state index contributed by atoms with van der Waals surface area (Å²) in [6, 6.07) is 11.6. The molecule has 0 unspecified atom stereocenters. The van der Waals surface area contributed by atoms with Gasteiger partial charge in [-0.05, 0) is 36.4 Å². The first-order chi connectivity index (χ1) is 9.63. The highest BCUT2D eigenvalue weighted by atomic mass is 79.9. The van der Waals surface area contributed by atoms with Crippen molar-refractivity contribution in [3.63, 3.8) is 0 Å². The van der Waals surface area contributed by atoms with Gasteiger partial charge in [0.25, 0.3) is 0 Å². The minimum absolute atomic E-state index is 0.411. The maximum atomic E-state index is 5.93. The van der Waals surface area contributed by atoms with E-state index in [4.69, 9.17) is 21.1 Å². The van der Waals surface area contributed by atoms with E-state index in [0.717, 1.165) is 31.6 Å². The molecule has 0 aliphatic heterocycles. The number of methoxy groups -OCH3 is 1. The van der Waals surface area contributed by atoms with Crippen molar-refractivity contribution in [1.82, 2.24) is 0 Å². The van der Waals surface area contributed by atoms with Crippen molar-refractivity contribution in [3.8, 4) is 11.5 Å². The van der Waals surface area contributed by atoms with Crippen LogP contribution in [-0.2, 0) is 12.5 Å². The Labute approximate surface area is 140 Å². The Hall–Kier alpha value is -0.710. The quantitative estimate of drug-likeness (QED) is 0.592. The van der Waals surface area contributed by atoms with Gasteiger partial charge in [-0.1, -0.05) is 31.9 Å². The van der Waals surface area contributed by atoms with Crippen LogP contribution in [0.2, 0.25) is 0 Å². The molecule has 0 radical (unpaired) electrons. The van der Waals surface area contributed by atoms with E-state index >= 15 is 0 Å². The third-order valence-corrected chi connectivity index (χ3v) is 4.36. The minimum atomic E-state index is 0.411. The molecule has 0 spiro atoms. The number of alkyl halides is 1. The summed E-state index contributed by atoms with van der Waals surface area (Å²) in [4.78, 5) is 0. The zero-order chi connectivity index (χ0) is 14.5. The second-order valence-corrected chi connectivity index (χ2v) is 6.17. The predicted octanol–water partition coefficient (Wildman–Crippen LogP) is 5.54. The number of benzene rings is 2. The second kappa shape index (κ2) is 7.34. The molecule has 0 fully saturated rings. The largest absolute Gasteiger partial charge is 0.497 e. The fraction of sp³-hybridized carbons (Fsp3) is 0.200. The molecule has 0 aliphatic carbocycles. The van der Waals surface area contributed by atoms with Gasteiger partial charge in [0.15, 0.2) is 0 Å². The Balaban J connectivity index is 2.16. The van der Waals surface area contributed by atoms with Gasteiger partial charge in [0.1, 0.15) is 18.1 Å². The summed E-state index contributed by atoms with van der Waals surface area (Å²) >= 11 is 12.9. The van der Waals surface area contributed by atoms with E-state index in [9.17, 15) is 0 Å². The standard InChI is InChI=1S/C15H13Br2ClO2/c1-19-13-3-4-14(17)11(7-13)9-20-15-5-2-12(16)6-10(15)8-18/h2-7H,8-9H2,1H3. The van der Waals surface area contributed by atoms with E-state index in [1.54, 1.807) is 7.11 Å². The van der Waals surface area contributed by atoms with Crippen LogP contribution >= 0.6 is 43.5 Å². The van der Waals surface area contributed by atoms with Crippen LogP contribution in [0.15, 0.2) is 45.3 Å². The lowest BCUT2D eigenvalue weighted by atomic mass is 10.2. The van der Waals surface area contributed by atoms with Gasteiger partial charge in [0, 0.05) is 20.1 Å². The van der Waals surface area contributed by atoms with Crippen LogP contribution in [0.3, 0.4) is 0 Å². The summed E-state index contributed by atoms with van der Waals surface area (Å²) < 4.78 is 13.1. The minimum Gasteiger partial charge on any atom is -0.497 e. The van der Waals surface area contributed by atoms with Gasteiger partial charge in [-0.15, -0.1) is 11.6 Å². The van der Waals surface area contributed by atoms with E-state index < -0.39 is 0 Å². The van der Waals surface area contributed by atoms with Crippen molar-refractivity contribution < 1.29 is 9.47 Å². The van der Waals surface area contributed by atoms with Crippen molar-refractivity contribution in [2.75, 3.05) is 7.11 Å². The molecule has 5 heteroatoms. The number of rotatable bonds is 5. The van der Waals surface area contributed by atoms with Gasteiger partial charge >= 0.3 is 0 Å². The van der Waals surface area contributed by atoms with E-state index in [-0.39, 0.29) is 0 Å². The monoisotopic (exact) mass is 418 g/mol. The average molecular weight is 421 g/mol. The van der Waals surface area contributed by atoms with Crippen LogP contribution in [0.25, 0.3) is 0 Å². The van der Waals surface area contributed by atoms with E-state index in [2.05, 4.69) is 31.9 Å². The molecule has 0 saturated carbocycles. The predicted molar refractivity (Wildman–Crippen MR) is 88.7 cm³/mol. The molecule has 0 saturated heterocycles. The third kappa shape index (κ3) is 3.90. The molecular formula is C15H13Br2ClO2. The maximum Gasteiger partial charge on any atom is 0.124 e. The van der Waals surface area contributed by atoms with E-state index in [1.165, 1.54) is 0 Å². The van der Waals surface area contributed by atoms with Crippen molar-refractivity contribution in [3.05, 3.63) is 56.5 Å². The fourth-order valence-electron chi connectivity index (χ4n) is 1.74. The summed E-state index contributed by atoms with van der Waals surface area (Å²) in [7, 11) is 1.65. The molecule has 106 valence electrons. The number of halogens is 3.